The Hall–Kier alpha value is -2.24. The van der Waals surface area contributed by atoms with E-state index in [1.807, 2.05) is 40.8 Å². The molecule has 0 atom stereocenters. The van der Waals surface area contributed by atoms with Crippen LogP contribution < -0.4 is 5.32 Å². The zero-order valence-corrected chi connectivity index (χ0v) is 17.6. The van der Waals surface area contributed by atoms with E-state index in [1.165, 1.54) is 5.57 Å². The molecule has 1 saturated heterocycles. The number of hydrogen-bond donors (Lipinski definition) is 1. The number of anilines is 1. The van der Waals surface area contributed by atoms with Gasteiger partial charge in [0, 0.05) is 26.3 Å². The predicted octanol–water partition coefficient (Wildman–Crippen LogP) is 4.47. The minimum atomic E-state index is -0.459. The molecule has 1 aromatic heterocycles. The molecule has 6 heteroatoms. The minimum absolute atomic E-state index is 0.222. The van der Waals surface area contributed by atoms with Crippen LogP contribution in [0.3, 0.4) is 0 Å². The van der Waals surface area contributed by atoms with E-state index < -0.39 is 5.60 Å². The molecule has 1 aliphatic rings. The van der Waals surface area contributed by atoms with Crippen LogP contribution in [0.1, 0.15) is 52.1 Å². The highest BCUT2D eigenvalue weighted by Gasteiger charge is 2.28. The molecule has 0 radical (unpaired) electrons. The van der Waals surface area contributed by atoms with Gasteiger partial charge < -0.3 is 15.0 Å². The average molecular weight is 375 g/mol. The number of aryl methyl sites for hydroxylation is 2. The molecule has 1 aliphatic heterocycles. The number of allylic oxidation sites excluding steroid dienone is 2. The lowest BCUT2D eigenvalue weighted by atomic mass is 9.89. The Morgan fingerprint density at radius 3 is 2.48 bits per heavy atom. The van der Waals surface area contributed by atoms with Gasteiger partial charge in [-0.25, -0.2) is 9.78 Å². The van der Waals surface area contributed by atoms with Gasteiger partial charge in [0.15, 0.2) is 0 Å². The molecule has 1 amide bonds. The molecule has 1 N–H and O–H groups in total. The first-order valence-electron chi connectivity index (χ1n) is 9.77. The van der Waals surface area contributed by atoms with Gasteiger partial charge in [0.2, 0.25) is 0 Å². The summed E-state index contributed by atoms with van der Waals surface area (Å²) in [5.41, 5.74) is 1.78. The Morgan fingerprint density at radius 2 is 2.00 bits per heavy atom. The van der Waals surface area contributed by atoms with Crippen LogP contribution in [0.4, 0.5) is 10.6 Å². The van der Waals surface area contributed by atoms with Crippen molar-refractivity contribution in [1.29, 1.82) is 0 Å². The number of carbonyl (C=O) groups is 1. The van der Waals surface area contributed by atoms with Crippen molar-refractivity contribution in [2.45, 2.75) is 59.5 Å². The molecule has 1 aromatic rings. The van der Waals surface area contributed by atoms with Crippen molar-refractivity contribution in [2.75, 3.05) is 25.5 Å². The lowest BCUT2D eigenvalue weighted by molar-refractivity contribution is 0.0195. The van der Waals surface area contributed by atoms with Gasteiger partial charge in [-0.2, -0.15) is 0 Å². The molecule has 0 aromatic carbocycles. The molecule has 0 saturated carbocycles. The number of imidazole rings is 1. The number of carbonyl (C=O) groups excluding carboxylic acids is 1. The third-order valence-electron chi connectivity index (χ3n) is 4.86. The number of hydrogen-bond acceptors (Lipinski definition) is 4. The molecule has 0 unspecified atom stereocenters. The van der Waals surface area contributed by atoms with Crippen LogP contribution in [0.2, 0.25) is 0 Å². The lowest BCUT2D eigenvalue weighted by Crippen LogP contribution is -2.41. The van der Waals surface area contributed by atoms with Crippen LogP contribution in [-0.4, -0.2) is 46.3 Å². The van der Waals surface area contributed by atoms with Crippen LogP contribution in [-0.2, 0) is 11.2 Å². The van der Waals surface area contributed by atoms with E-state index in [0.29, 0.717) is 19.0 Å². The third-order valence-corrected chi connectivity index (χ3v) is 4.86. The van der Waals surface area contributed by atoms with Crippen LogP contribution >= 0.6 is 0 Å². The van der Waals surface area contributed by atoms with E-state index in [4.69, 9.17) is 4.74 Å². The quantitative estimate of drug-likeness (QED) is 0.773. The number of rotatable bonds is 5. The van der Waals surface area contributed by atoms with Gasteiger partial charge in [-0.3, -0.25) is 4.57 Å². The second-order valence-corrected chi connectivity index (χ2v) is 8.00. The van der Waals surface area contributed by atoms with Gasteiger partial charge in [-0.1, -0.05) is 19.6 Å². The summed E-state index contributed by atoms with van der Waals surface area (Å²) < 4.78 is 7.59. The predicted molar refractivity (Wildman–Crippen MR) is 111 cm³/mol. The fourth-order valence-corrected chi connectivity index (χ4v) is 3.47. The Balaban J connectivity index is 2.12. The van der Waals surface area contributed by atoms with Gasteiger partial charge in [0.05, 0.1) is 5.69 Å². The van der Waals surface area contributed by atoms with Crippen molar-refractivity contribution >= 4 is 18.1 Å². The van der Waals surface area contributed by atoms with Crippen molar-refractivity contribution in [3.63, 3.8) is 0 Å². The maximum Gasteiger partial charge on any atom is 0.410 e. The first-order valence-corrected chi connectivity index (χ1v) is 9.77. The summed E-state index contributed by atoms with van der Waals surface area (Å²) in [7, 11) is 1.92. The summed E-state index contributed by atoms with van der Waals surface area (Å²) in [6.07, 6.45) is 6.53. The molecule has 6 nitrogen and oxygen atoms in total. The standard InChI is InChI=1S/C21H34N4O2/c1-8-16(14-25-15(3)23-18(9-2)19(25)22-7)17-10-12-24(13-11-17)20(26)27-21(4,5)6/h8,14,17,22H,1,9-13H2,2-7H3/b16-14+. The second-order valence-electron chi connectivity index (χ2n) is 8.00. The van der Waals surface area contributed by atoms with Crippen LogP contribution in [0.25, 0.3) is 6.20 Å². The molecule has 0 bridgehead atoms. The highest BCUT2D eigenvalue weighted by molar-refractivity contribution is 5.68. The van der Waals surface area contributed by atoms with E-state index in [2.05, 4.69) is 34.6 Å². The van der Waals surface area contributed by atoms with Crippen molar-refractivity contribution in [3.8, 4) is 0 Å². The smallest absolute Gasteiger partial charge is 0.410 e. The topological polar surface area (TPSA) is 59.4 Å². The van der Waals surface area contributed by atoms with Crippen molar-refractivity contribution < 1.29 is 9.53 Å². The van der Waals surface area contributed by atoms with Gasteiger partial charge in [0.1, 0.15) is 17.2 Å². The second kappa shape index (κ2) is 8.63. The molecule has 0 aliphatic carbocycles. The molecule has 2 rings (SSSR count). The number of nitrogens with one attached hydrogen (secondary N) is 1. The monoisotopic (exact) mass is 374 g/mol. The van der Waals surface area contributed by atoms with E-state index in [0.717, 1.165) is 36.6 Å². The van der Waals surface area contributed by atoms with Crippen molar-refractivity contribution in [1.82, 2.24) is 14.5 Å². The first kappa shape index (κ1) is 21.1. The zero-order chi connectivity index (χ0) is 20.2. The molecule has 0 spiro atoms. The van der Waals surface area contributed by atoms with Crippen molar-refractivity contribution in [3.05, 3.63) is 29.7 Å². The van der Waals surface area contributed by atoms with E-state index >= 15 is 0 Å². The Kier molecular flexibility index (Phi) is 6.73. The van der Waals surface area contributed by atoms with Gasteiger partial charge in [0.25, 0.3) is 0 Å². The summed E-state index contributed by atoms with van der Waals surface area (Å²) >= 11 is 0. The van der Waals surface area contributed by atoms with Crippen LogP contribution in [0.5, 0.6) is 0 Å². The average Bonchev–Trinajstić information content (AvgIpc) is 2.93. The van der Waals surface area contributed by atoms with E-state index in [9.17, 15) is 4.79 Å². The number of likely N-dealkylation sites (tertiary alicyclic amines) is 1. The maximum absolute atomic E-state index is 12.3. The summed E-state index contributed by atoms with van der Waals surface area (Å²) in [4.78, 5) is 18.7. The highest BCUT2D eigenvalue weighted by atomic mass is 16.6. The largest absolute Gasteiger partial charge is 0.444 e. The number of amides is 1. The zero-order valence-electron chi connectivity index (χ0n) is 17.6. The highest BCUT2D eigenvalue weighted by Crippen LogP contribution is 2.29. The molecular formula is C21H34N4O2. The normalized spacial score (nSPS) is 16.4. The molecular weight excluding hydrogens is 340 g/mol. The van der Waals surface area contributed by atoms with Gasteiger partial charge in [-0.15, -0.1) is 0 Å². The summed E-state index contributed by atoms with van der Waals surface area (Å²) in [6, 6.07) is 0. The maximum atomic E-state index is 12.3. The summed E-state index contributed by atoms with van der Waals surface area (Å²) in [6.45, 7) is 15.2. The summed E-state index contributed by atoms with van der Waals surface area (Å²) in [5.74, 6) is 2.36. The Morgan fingerprint density at radius 1 is 1.37 bits per heavy atom. The van der Waals surface area contributed by atoms with Crippen molar-refractivity contribution in [2.24, 2.45) is 5.92 Å². The summed E-state index contributed by atoms with van der Waals surface area (Å²) in [5, 5.41) is 3.26. The third kappa shape index (κ3) is 5.15. The SMILES string of the molecule is C=C/C(=C\n1c(C)nc(CC)c1NC)C1CCN(C(=O)OC(C)(C)C)CC1. The van der Waals surface area contributed by atoms with Crippen LogP contribution in [0, 0.1) is 12.8 Å². The van der Waals surface area contributed by atoms with Crippen LogP contribution in [0.15, 0.2) is 18.2 Å². The minimum Gasteiger partial charge on any atom is -0.444 e. The molecule has 1 fully saturated rings. The Labute approximate surface area is 163 Å². The first-order chi connectivity index (χ1) is 12.7. The van der Waals surface area contributed by atoms with Gasteiger partial charge in [-0.05, 0) is 58.4 Å². The fraction of sp³-hybridized carbons (Fsp3) is 0.619. The Bertz CT molecular complexity index is 704. The number of aromatic nitrogens is 2. The fourth-order valence-electron chi connectivity index (χ4n) is 3.47. The van der Waals surface area contributed by atoms with E-state index in [1.54, 1.807) is 4.90 Å². The number of piperidine rings is 1. The number of nitrogens with zero attached hydrogens (tertiary/aromatic N) is 3. The number of ether oxygens (including phenoxy) is 1. The lowest BCUT2D eigenvalue weighted by Gasteiger charge is -2.34. The van der Waals surface area contributed by atoms with Gasteiger partial charge >= 0.3 is 6.09 Å². The molecule has 2 heterocycles. The molecule has 150 valence electrons. The van der Waals surface area contributed by atoms with E-state index in [-0.39, 0.29) is 6.09 Å². The molecule has 27 heavy (non-hydrogen) atoms.